The predicted molar refractivity (Wildman–Crippen MR) is 234 cm³/mol. The smallest absolute Gasteiger partial charge is 0.160 e. The van der Waals surface area contributed by atoms with Crippen LogP contribution in [-0.4, -0.2) is 19.1 Å². The van der Waals surface area contributed by atoms with Crippen molar-refractivity contribution in [2.45, 2.75) is 0 Å². The minimum absolute atomic E-state index is 0.670. The highest BCUT2D eigenvalue weighted by atomic mass is 16.3. The lowest BCUT2D eigenvalue weighted by Gasteiger charge is -2.13. The number of hydrogen-bond acceptors (Lipinski definition) is 3. The number of rotatable bonds is 5. The molecule has 0 amide bonds. The molecule has 0 aliphatic rings. The lowest BCUT2D eigenvalue weighted by Crippen LogP contribution is -1.99. The summed E-state index contributed by atoms with van der Waals surface area (Å²) in [6, 6.07) is 68.2. The van der Waals surface area contributed by atoms with Crippen LogP contribution in [0.1, 0.15) is 0 Å². The van der Waals surface area contributed by atoms with Gasteiger partial charge in [0.25, 0.3) is 0 Å². The maximum Gasteiger partial charge on any atom is 0.160 e. The lowest BCUT2D eigenvalue weighted by molar-refractivity contribution is 0.669. The second kappa shape index (κ2) is 12.4. The van der Waals surface area contributed by atoms with Gasteiger partial charge in [0.1, 0.15) is 11.2 Å². The number of fused-ring (bicyclic) bond motifs is 10. The van der Waals surface area contributed by atoms with E-state index in [0.717, 1.165) is 72.4 Å². The van der Waals surface area contributed by atoms with Crippen LogP contribution in [0.5, 0.6) is 0 Å². The third-order valence-electron chi connectivity index (χ3n) is 11.3. The molecule has 5 nitrogen and oxygen atoms in total. The number of para-hydroxylation sites is 4. The number of furan rings is 1. The van der Waals surface area contributed by atoms with Gasteiger partial charge in [0.15, 0.2) is 5.82 Å². The second-order valence-corrected chi connectivity index (χ2v) is 14.5. The first kappa shape index (κ1) is 31.6. The summed E-state index contributed by atoms with van der Waals surface area (Å²) in [6.07, 6.45) is 0. The van der Waals surface area contributed by atoms with Crippen molar-refractivity contribution in [3.63, 3.8) is 0 Å². The summed E-state index contributed by atoms with van der Waals surface area (Å²) in [5, 5.41) is 6.92. The van der Waals surface area contributed by atoms with Crippen molar-refractivity contribution in [2.24, 2.45) is 0 Å². The molecule has 0 saturated heterocycles. The Balaban J connectivity index is 1.17. The Labute approximate surface area is 327 Å². The van der Waals surface area contributed by atoms with Crippen molar-refractivity contribution in [3.8, 4) is 45.3 Å². The standard InChI is InChI=1S/C52H32N4O/c1-4-16-33(17-5-1)42-32-43(54-52(53-42)34-18-6-2-7-19-34)40-24-14-25-41-48-46(28-15-29-47(48)57-51(40)41)56-45-27-13-11-23-37(45)39-31-30-38-36-22-10-12-26-44(36)55(49(38)50(39)56)35-20-8-3-9-21-35/h1-32H. The van der Waals surface area contributed by atoms with Gasteiger partial charge in [0.2, 0.25) is 0 Å². The maximum atomic E-state index is 6.94. The molecule has 0 spiro atoms. The highest BCUT2D eigenvalue weighted by Crippen LogP contribution is 2.45. The second-order valence-electron chi connectivity index (χ2n) is 14.5. The van der Waals surface area contributed by atoms with Crippen LogP contribution >= 0.6 is 0 Å². The SMILES string of the molecule is c1ccc(-c2cc(-c3cccc4c3oc3cccc(-n5c6ccccc6c6ccc7c8ccccc8n(-c8ccccc8)c7c65)c34)nc(-c3ccccc3)n2)cc1. The molecular weight excluding hydrogens is 697 g/mol. The fourth-order valence-electron chi connectivity index (χ4n) is 8.87. The Kier molecular flexibility index (Phi) is 6.86. The van der Waals surface area contributed by atoms with Crippen molar-refractivity contribution in [1.82, 2.24) is 19.1 Å². The van der Waals surface area contributed by atoms with E-state index in [-0.39, 0.29) is 0 Å². The lowest BCUT2D eigenvalue weighted by atomic mass is 10.0. The molecule has 266 valence electrons. The van der Waals surface area contributed by atoms with Gasteiger partial charge in [-0.1, -0.05) is 146 Å². The van der Waals surface area contributed by atoms with Gasteiger partial charge in [0.05, 0.1) is 44.5 Å². The number of benzene rings is 8. The molecule has 0 saturated carbocycles. The first-order valence-electron chi connectivity index (χ1n) is 19.3. The van der Waals surface area contributed by atoms with Crippen molar-refractivity contribution in [2.75, 3.05) is 0 Å². The first-order chi connectivity index (χ1) is 28.3. The highest BCUT2D eigenvalue weighted by molar-refractivity contribution is 6.25. The molecule has 57 heavy (non-hydrogen) atoms. The van der Waals surface area contributed by atoms with Crippen LogP contribution in [0.4, 0.5) is 0 Å². The highest BCUT2D eigenvalue weighted by Gasteiger charge is 2.24. The average molecular weight is 729 g/mol. The average Bonchev–Trinajstić information content (AvgIpc) is 3.95. The monoisotopic (exact) mass is 728 g/mol. The summed E-state index contributed by atoms with van der Waals surface area (Å²) in [5.41, 5.74) is 13.0. The van der Waals surface area contributed by atoms with Gasteiger partial charge < -0.3 is 13.6 Å². The van der Waals surface area contributed by atoms with Crippen LogP contribution < -0.4 is 0 Å². The number of hydrogen-bond donors (Lipinski definition) is 0. The third-order valence-corrected chi connectivity index (χ3v) is 11.3. The molecule has 4 heterocycles. The molecule has 0 unspecified atom stereocenters. The fraction of sp³-hybridized carbons (Fsp3) is 0. The molecule has 0 N–H and O–H groups in total. The molecule has 4 aromatic heterocycles. The summed E-state index contributed by atoms with van der Waals surface area (Å²) < 4.78 is 11.8. The summed E-state index contributed by atoms with van der Waals surface area (Å²) in [4.78, 5) is 10.2. The zero-order valence-corrected chi connectivity index (χ0v) is 30.7. The number of aromatic nitrogens is 4. The van der Waals surface area contributed by atoms with Gasteiger partial charge in [-0.05, 0) is 48.5 Å². The summed E-state index contributed by atoms with van der Waals surface area (Å²) >= 11 is 0. The zero-order chi connectivity index (χ0) is 37.5. The molecule has 0 aliphatic heterocycles. The Morgan fingerprint density at radius 2 is 0.965 bits per heavy atom. The van der Waals surface area contributed by atoms with Crippen molar-refractivity contribution in [1.29, 1.82) is 0 Å². The molecular formula is C52H32N4O. The van der Waals surface area contributed by atoms with Crippen LogP contribution in [0.2, 0.25) is 0 Å². The van der Waals surface area contributed by atoms with Gasteiger partial charge in [-0.15, -0.1) is 0 Å². The van der Waals surface area contributed by atoms with Gasteiger partial charge in [-0.2, -0.15) is 0 Å². The van der Waals surface area contributed by atoms with E-state index in [1.54, 1.807) is 0 Å². The molecule has 12 rings (SSSR count). The Morgan fingerprint density at radius 1 is 0.404 bits per heavy atom. The van der Waals surface area contributed by atoms with E-state index in [2.05, 4.69) is 167 Å². The predicted octanol–water partition coefficient (Wildman–Crippen LogP) is 13.6. The van der Waals surface area contributed by atoms with Crippen molar-refractivity contribution < 1.29 is 4.42 Å². The van der Waals surface area contributed by atoms with Gasteiger partial charge >= 0.3 is 0 Å². The Hall–Kier alpha value is -7.76. The van der Waals surface area contributed by atoms with Crippen molar-refractivity contribution >= 4 is 65.6 Å². The largest absolute Gasteiger partial charge is 0.455 e. The van der Waals surface area contributed by atoms with Gasteiger partial charge in [-0.3, -0.25) is 0 Å². The molecule has 0 atom stereocenters. The zero-order valence-electron chi connectivity index (χ0n) is 30.7. The minimum Gasteiger partial charge on any atom is -0.455 e. The number of nitrogens with zero attached hydrogens (tertiary/aromatic N) is 4. The summed E-state index contributed by atoms with van der Waals surface area (Å²) in [7, 11) is 0. The van der Waals surface area contributed by atoms with E-state index in [9.17, 15) is 0 Å². The van der Waals surface area contributed by atoms with Crippen LogP contribution in [0.3, 0.4) is 0 Å². The van der Waals surface area contributed by atoms with Crippen LogP contribution in [0.25, 0.3) is 111 Å². The molecule has 5 heteroatoms. The normalized spacial score (nSPS) is 11.9. The Bertz CT molecular complexity index is 3450. The van der Waals surface area contributed by atoms with E-state index >= 15 is 0 Å². The Morgan fingerprint density at radius 3 is 1.68 bits per heavy atom. The minimum atomic E-state index is 0.670. The van der Waals surface area contributed by atoms with E-state index in [4.69, 9.17) is 14.4 Å². The molecule has 0 aliphatic carbocycles. The van der Waals surface area contributed by atoms with Crippen molar-refractivity contribution in [3.05, 3.63) is 194 Å². The quantitative estimate of drug-likeness (QED) is 0.177. The van der Waals surface area contributed by atoms with Crippen LogP contribution in [-0.2, 0) is 0 Å². The van der Waals surface area contributed by atoms with E-state index in [1.165, 1.54) is 32.6 Å². The maximum absolute atomic E-state index is 6.94. The van der Waals surface area contributed by atoms with E-state index < -0.39 is 0 Å². The van der Waals surface area contributed by atoms with E-state index in [0.29, 0.717) is 5.82 Å². The van der Waals surface area contributed by atoms with E-state index in [1.807, 2.05) is 36.4 Å². The molecule has 0 fully saturated rings. The molecule has 8 aromatic carbocycles. The molecule has 12 aromatic rings. The van der Waals surface area contributed by atoms with Gasteiger partial charge in [-0.25, -0.2) is 9.97 Å². The first-order valence-corrected chi connectivity index (χ1v) is 19.3. The summed E-state index contributed by atoms with van der Waals surface area (Å²) in [5.74, 6) is 0.670. The summed E-state index contributed by atoms with van der Waals surface area (Å²) in [6.45, 7) is 0. The fourth-order valence-corrected chi connectivity index (χ4v) is 8.87. The van der Waals surface area contributed by atoms with Crippen LogP contribution in [0, 0.1) is 0 Å². The van der Waals surface area contributed by atoms with Crippen LogP contribution in [0.15, 0.2) is 199 Å². The topological polar surface area (TPSA) is 48.8 Å². The molecule has 0 bridgehead atoms. The van der Waals surface area contributed by atoms with Gasteiger partial charge in [0, 0.05) is 49.3 Å². The third kappa shape index (κ3) is 4.76. The molecule has 0 radical (unpaired) electrons.